The van der Waals surface area contributed by atoms with Gasteiger partial charge in [0.25, 0.3) is 0 Å². The van der Waals surface area contributed by atoms with Crippen LogP contribution in [0.5, 0.6) is 5.75 Å². The second-order valence-corrected chi connectivity index (χ2v) is 2.22. The highest BCUT2D eigenvalue weighted by Crippen LogP contribution is 2.05. The molecule has 1 aromatic rings. The average Bonchev–Trinajstić information content (AvgIpc) is 2.20. The number of hydrogen-bond donors (Lipinski definition) is 2. The number of methoxy groups -OCH3 is 1. The first-order valence-electron chi connectivity index (χ1n) is 3.77. The Hall–Kier alpha value is -1.59. The van der Waals surface area contributed by atoms with E-state index in [1.165, 1.54) is 6.92 Å². The molecule has 0 aliphatic rings. The van der Waals surface area contributed by atoms with Crippen molar-refractivity contribution in [1.29, 1.82) is 0 Å². The molecule has 0 aromatic heterocycles. The highest BCUT2D eigenvalue weighted by Gasteiger charge is 1.80. The van der Waals surface area contributed by atoms with Crippen LogP contribution in [0.4, 0.5) is 0 Å². The number of rotatable bonds is 1. The number of para-hydroxylation sites is 1. The highest BCUT2D eigenvalue weighted by atomic mass is 16.5. The molecule has 0 fully saturated rings. The molecule has 0 spiro atoms. The van der Waals surface area contributed by atoms with Gasteiger partial charge >= 0.3 is 0 Å². The van der Waals surface area contributed by atoms with Crippen LogP contribution >= 0.6 is 0 Å². The van der Waals surface area contributed by atoms with Gasteiger partial charge in [-0.05, 0) is 12.1 Å². The molecule has 0 saturated heterocycles. The van der Waals surface area contributed by atoms with Crippen molar-refractivity contribution in [3.8, 4) is 5.75 Å². The molecule has 1 aromatic carbocycles. The summed E-state index contributed by atoms with van der Waals surface area (Å²) in [4.78, 5) is 9.58. The maximum Gasteiger partial charge on any atom is 0.230 e. The molecule has 0 saturated carbocycles. The van der Waals surface area contributed by atoms with E-state index in [-0.39, 0.29) is 11.4 Å². The number of nitrogens with two attached hydrogens (primary N) is 1. The largest absolute Gasteiger partial charge is 0.497 e. The Labute approximate surface area is 83.1 Å². The van der Waals surface area contributed by atoms with E-state index in [0.29, 0.717) is 0 Å². The molecule has 1 rings (SSSR count). The minimum absolute atomic E-state index is 0. The molecule has 5 nitrogen and oxygen atoms in total. The van der Waals surface area contributed by atoms with E-state index >= 15 is 0 Å². The molecule has 14 heavy (non-hydrogen) atoms. The number of carbonyl (C=O) groups is 1. The van der Waals surface area contributed by atoms with E-state index in [1.54, 1.807) is 7.11 Å². The van der Waals surface area contributed by atoms with Gasteiger partial charge in [-0.15, -0.1) is 0 Å². The second-order valence-electron chi connectivity index (χ2n) is 2.22. The summed E-state index contributed by atoms with van der Waals surface area (Å²) >= 11 is 0. The monoisotopic (exact) mass is 200 g/mol. The van der Waals surface area contributed by atoms with Crippen LogP contribution in [-0.4, -0.2) is 18.5 Å². The first-order valence-corrected chi connectivity index (χ1v) is 3.77. The fourth-order valence-corrected chi connectivity index (χ4v) is 0.557. The predicted octanol–water partition coefficient (Wildman–Crippen LogP) is -0.133. The minimum atomic E-state index is -0.218. The van der Waals surface area contributed by atoms with Gasteiger partial charge < -0.3 is 10.2 Å². The summed E-state index contributed by atoms with van der Waals surface area (Å²) in [5.41, 5.74) is 1.89. The zero-order valence-corrected chi connectivity index (χ0v) is 8.28. The summed E-state index contributed by atoms with van der Waals surface area (Å²) in [7, 11) is 1.66. The first-order chi connectivity index (χ1) is 6.20. The molecule has 0 atom stereocenters. The van der Waals surface area contributed by atoms with Crippen LogP contribution in [-0.2, 0) is 4.79 Å². The van der Waals surface area contributed by atoms with Gasteiger partial charge in [0.2, 0.25) is 5.91 Å². The quantitative estimate of drug-likeness (QED) is 0.375. The Morgan fingerprint density at radius 1 is 1.36 bits per heavy atom. The number of hydrogen-bond acceptors (Lipinski definition) is 3. The van der Waals surface area contributed by atoms with Crippen molar-refractivity contribution in [3.05, 3.63) is 30.3 Å². The van der Waals surface area contributed by atoms with Crippen LogP contribution in [0.15, 0.2) is 30.3 Å². The van der Waals surface area contributed by atoms with Crippen LogP contribution in [0.1, 0.15) is 6.92 Å². The molecule has 0 aliphatic carbocycles. The molecule has 0 heterocycles. The van der Waals surface area contributed by atoms with E-state index in [0.717, 1.165) is 5.75 Å². The second kappa shape index (κ2) is 9.50. The lowest BCUT2D eigenvalue weighted by Crippen LogP contribution is -2.26. The summed E-state index contributed by atoms with van der Waals surface area (Å²) in [5, 5.41) is 0. The van der Waals surface area contributed by atoms with Gasteiger partial charge in [-0.2, -0.15) is 0 Å². The van der Waals surface area contributed by atoms with E-state index < -0.39 is 0 Å². The van der Waals surface area contributed by atoms with Gasteiger partial charge in [0.05, 0.1) is 7.11 Å². The van der Waals surface area contributed by atoms with Crippen LogP contribution in [0.2, 0.25) is 0 Å². The number of ether oxygens (including phenoxy) is 1. The van der Waals surface area contributed by atoms with Crippen molar-refractivity contribution in [2.75, 3.05) is 7.11 Å². The van der Waals surface area contributed by atoms with Crippen LogP contribution in [0.25, 0.3) is 0 Å². The Morgan fingerprint density at radius 3 is 2.00 bits per heavy atom. The minimum Gasteiger partial charge on any atom is -0.497 e. The molecule has 5 heteroatoms. The predicted molar refractivity (Wildman–Crippen MR) is 54.6 cm³/mol. The molecular weight excluding hydrogens is 184 g/mol. The van der Waals surface area contributed by atoms with Crippen LogP contribution < -0.4 is 16.0 Å². The molecule has 0 bridgehead atoms. The first kappa shape index (κ1) is 14.9. The lowest BCUT2D eigenvalue weighted by atomic mass is 10.3. The summed E-state index contributed by atoms with van der Waals surface area (Å²) in [5.74, 6) is 5.26. The maximum absolute atomic E-state index is 9.58. The van der Waals surface area contributed by atoms with Crippen LogP contribution in [0.3, 0.4) is 0 Å². The molecule has 0 unspecified atom stereocenters. The standard InChI is InChI=1S/C7H8O.C2H6N2O.H2O/c1-8-7-5-3-2-4-6-7;1-2(5)4-3;/h2-6H,1H3;3H2,1H3,(H,4,5);1H2. The van der Waals surface area contributed by atoms with Gasteiger partial charge in [-0.25, -0.2) is 5.84 Å². The summed E-state index contributed by atoms with van der Waals surface area (Å²) in [6.45, 7) is 1.35. The Morgan fingerprint density at radius 2 is 1.79 bits per heavy atom. The Bertz CT molecular complexity index is 239. The van der Waals surface area contributed by atoms with Gasteiger partial charge in [-0.1, -0.05) is 18.2 Å². The van der Waals surface area contributed by atoms with Crippen LogP contribution in [0, 0.1) is 0 Å². The molecule has 1 amide bonds. The Kier molecular flexibility index (Phi) is 10.1. The molecular formula is C9H16N2O3. The fraction of sp³-hybridized carbons (Fsp3) is 0.222. The van der Waals surface area contributed by atoms with E-state index in [2.05, 4.69) is 5.84 Å². The number of benzene rings is 1. The highest BCUT2D eigenvalue weighted by molar-refractivity contribution is 5.71. The van der Waals surface area contributed by atoms with E-state index in [9.17, 15) is 4.79 Å². The van der Waals surface area contributed by atoms with E-state index in [1.807, 2.05) is 35.8 Å². The average molecular weight is 200 g/mol. The lowest BCUT2D eigenvalue weighted by molar-refractivity contribution is -0.119. The smallest absolute Gasteiger partial charge is 0.230 e. The van der Waals surface area contributed by atoms with Crippen molar-refractivity contribution in [1.82, 2.24) is 5.43 Å². The third-order valence-corrected chi connectivity index (χ3v) is 1.18. The van der Waals surface area contributed by atoms with Crippen molar-refractivity contribution >= 4 is 5.91 Å². The number of carbonyl (C=O) groups excluding carboxylic acids is 1. The summed E-state index contributed by atoms with van der Waals surface area (Å²) in [6, 6.07) is 9.68. The van der Waals surface area contributed by atoms with Gasteiger partial charge in [0.1, 0.15) is 5.75 Å². The number of hydrazine groups is 1. The topological polar surface area (TPSA) is 95.9 Å². The third-order valence-electron chi connectivity index (χ3n) is 1.18. The molecule has 0 radical (unpaired) electrons. The Balaban J connectivity index is 0. The maximum atomic E-state index is 9.58. The fourth-order valence-electron chi connectivity index (χ4n) is 0.557. The lowest BCUT2D eigenvalue weighted by Gasteiger charge is -1.93. The summed E-state index contributed by atoms with van der Waals surface area (Å²) < 4.78 is 4.91. The normalized spacial score (nSPS) is 7.36. The van der Waals surface area contributed by atoms with Crippen molar-refractivity contribution in [2.24, 2.45) is 5.84 Å². The van der Waals surface area contributed by atoms with Gasteiger partial charge in [-0.3, -0.25) is 10.2 Å². The van der Waals surface area contributed by atoms with Crippen molar-refractivity contribution < 1.29 is 15.0 Å². The number of amides is 1. The summed E-state index contributed by atoms with van der Waals surface area (Å²) in [6.07, 6.45) is 0. The molecule has 0 aliphatic heterocycles. The van der Waals surface area contributed by atoms with Crippen molar-refractivity contribution in [2.45, 2.75) is 6.92 Å². The molecule has 80 valence electrons. The zero-order valence-electron chi connectivity index (χ0n) is 8.28. The number of nitrogens with one attached hydrogen (secondary N) is 1. The molecule has 5 N–H and O–H groups in total. The third kappa shape index (κ3) is 8.51. The van der Waals surface area contributed by atoms with Crippen molar-refractivity contribution in [3.63, 3.8) is 0 Å². The van der Waals surface area contributed by atoms with E-state index in [4.69, 9.17) is 4.74 Å². The van der Waals surface area contributed by atoms with Gasteiger partial charge in [0.15, 0.2) is 0 Å². The van der Waals surface area contributed by atoms with Gasteiger partial charge in [0, 0.05) is 6.92 Å². The SMILES string of the molecule is CC(=O)NN.COc1ccccc1.O. The zero-order chi connectivity index (χ0) is 10.1.